The van der Waals surface area contributed by atoms with Gasteiger partial charge in [-0.05, 0) is 30.4 Å². The highest BCUT2D eigenvalue weighted by atomic mass is 14.7. The molecule has 1 heterocycles. The molecule has 2 rings (SSSR count). The first-order chi connectivity index (χ1) is 10.1. The van der Waals surface area contributed by atoms with Crippen LogP contribution in [0.15, 0.2) is 48.2 Å². The van der Waals surface area contributed by atoms with Crippen molar-refractivity contribution in [3.05, 3.63) is 53.9 Å². The van der Waals surface area contributed by atoms with Crippen molar-refractivity contribution in [3.8, 4) is 0 Å². The minimum atomic E-state index is 0.547. The molecule has 0 fully saturated rings. The van der Waals surface area contributed by atoms with E-state index in [2.05, 4.69) is 50.9 Å². The zero-order valence-corrected chi connectivity index (χ0v) is 15.4. The Morgan fingerprint density at radius 2 is 1.52 bits per heavy atom. The van der Waals surface area contributed by atoms with Crippen molar-refractivity contribution in [1.29, 1.82) is 0 Å². The third-order valence-electron chi connectivity index (χ3n) is 2.82. The fourth-order valence-electron chi connectivity index (χ4n) is 1.61. The number of aromatic nitrogens is 1. The maximum Gasteiger partial charge on any atom is 0.0428 e. The smallest absolute Gasteiger partial charge is 0.0428 e. The monoisotopic (exact) mass is 289 g/mol. The summed E-state index contributed by atoms with van der Waals surface area (Å²) < 4.78 is 0. The van der Waals surface area contributed by atoms with Gasteiger partial charge in [-0.15, -0.1) is 0 Å². The molecule has 1 aromatic rings. The molecule has 1 aliphatic rings. The molecule has 0 saturated heterocycles. The van der Waals surface area contributed by atoms with Gasteiger partial charge in [0, 0.05) is 11.9 Å². The Morgan fingerprint density at radius 3 is 1.76 bits per heavy atom. The summed E-state index contributed by atoms with van der Waals surface area (Å²) in [6.07, 6.45) is 9.56. The molecule has 21 heavy (non-hydrogen) atoms. The van der Waals surface area contributed by atoms with Crippen molar-refractivity contribution in [2.75, 3.05) is 0 Å². The van der Waals surface area contributed by atoms with E-state index in [9.17, 15) is 0 Å². The molecular formula is C20H35N. The van der Waals surface area contributed by atoms with Crippen LogP contribution in [0.3, 0.4) is 0 Å². The van der Waals surface area contributed by atoms with Crippen LogP contribution in [-0.4, -0.2) is 4.98 Å². The van der Waals surface area contributed by atoms with E-state index in [1.807, 2.05) is 52.1 Å². The van der Waals surface area contributed by atoms with E-state index in [1.54, 1.807) is 5.57 Å². The first kappa shape index (κ1) is 21.9. The normalized spacial score (nSPS) is 11.6. The molecule has 0 bridgehead atoms. The van der Waals surface area contributed by atoms with Gasteiger partial charge in [0.2, 0.25) is 0 Å². The standard InChI is InChI=1S/C8H11N.C8H12.2C2H6/c1-7(2)8-5-3-4-6-9-8;1-7(2)8-5-3-4-6-8;2*1-2/h3-7H,1-2H3;3-5,7H,6H2,1-2H3;2*1-2H3. The summed E-state index contributed by atoms with van der Waals surface area (Å²) in [4.78, 5) is 4.18. The first-order valence-corrected chi connectivity index (χ1v) is 8.37. The lowest BCUT2D eigenvalue weighted by molar-refractivity contribution is 0.753. The number of rotatable bonds is 2. The molecule has 1 aliphatic carbocycles. The highest BCUT2D eigenvalue weighted by Crippen LogP contribution is 2.18. The van der Waals surface area contributed by atoms with E-state index in [0.717, 1.165) is 11.6 Å². The molecule has 1 aromatic heterocycles. The summed E-state index contributed by atoms with van der Waals surface area (Å²) in [6.45, 7) is 16.8. The van der Waals surface area contributed by atoms with Crippen LogP contribution in [0.5, 0.6) is 0 Å². The quantitative estimate of drug-likeness (QED) is 0.584. The van der Waals surface area contributed by atoms with Gasteiger partial charge in [-0.25, -0.2) is 0 Å². The summed E-state index contributed by atoms with van der Waals surface area (Å²) in [5, 5.41) is 0. The van der Waals surface area contributed by atoms with Crippen molar-refractivity contribution in [1.82, 2.24) is 4.98 Å². The van der Waals surface area contributed by atoms with Crippen LogP contribution in [0.1, 0.15) is 73.4 Å². The van der Waals surface area contributed by atoms with Gasteiger partial charge in [0.1, 0.15) is 0 Å². The predicted octanol–water partition coefficient (Wildman–Crippen LogP) is 6.79. The SMILES string of the molecule is CC.CC.CC(C)C1=CC=CC1.CC(C)c1ccccn1. The van der Waals surface area contributed by atoms with Crippen molar-refractivity contribution < 1.29 is 0 Å². The molecular weight excluding hydrogens is 254 g/mol. The number of allylic oxidation sites excluding steroid dienone is 4. The molecule has 1 heteroatoms. The summed E-state index contributed by atoms with van der Waals surface area (Å²) >= 11 is 0. The highest BCUT2D eigenvalue weighted by molar-refractivity contribution is 5.23. The molecule has 0 atom stereocenters. The second-order valence-corrected chi connectivity index (χ2v) is 4.94. The van der Waals surface area contributed by atoms with Gasteiger partial charge in [0.25, 0.3) is 0 Å². The van der Waals surface area contributed by atoms with Crippen LogP contribution >= 0.6 is 0 Å². The van der Waals surface area contributed by atoms with E-state index in [-0.39, 0.29) is 0 Å². The average Bonchev–Trinajstić information content (AvgIpc) is 3.07. The van der Waals surface area contributed by atoms with Crippen LogP contribution in [-0.2, 0) is 0 Å². The van der Waals surface area contributed by atoms with Gasteiger partial charge in [0.15, 0.2) is 0 Å². The minimum Gasteiger partial charge on any atom is -0.261 e. The average molecular weight is 290 g/mol. The first-order valence-electron chi connectivity index (χ1n) is 8.37. The van der Waals surface area contributed by atoms with Gasteiger partial charge in [-0.2, -0.15) is 0 Å². The Kier molecular flexibility index (Phi) is 15.7. The van der Waals surface area contributed by atoms with Crippen molar-refractivity contribution in [3.63, 3.8) is 0 Å². The second-order valence-electron chi connectivity index (χ2n) is 4.94. The Balaban J connectivity index is 0. The summed E-state index contributed by atoms with van der Waals surface area (Å²) in [6, 6.07) is 6.00. The molecule has 0 spiro atoms. The predicted molar refractivity (Wildman–Crippen MR) is 97.7 cm³/mol. The lowest BCUT2D eigenvalue weighted by Gasteiger charge is -2.02. The molecule has 0 saturated carbocycles. The topological polar surface area (TPSA) is 12.9 Å². The van der Waals surface area contributed by atoms with Crippen LogP contribution in [0, 0.1) is 5.92 Å². The number of hydrogen-bond donors (Lipinski definition) is 0. The molecule has 0 unspecified atom stereocenters. The van der Waals surface area contributed by atoms with Crippen LogP contribution in [0.2, 0.25) is 0 Å². The number of hydrogen-bond acceptors (Lipinski definition) is 1. The lowest BCUT2D eigenvalue weighted by atomic mass is 10.0. The molecule has 0 amide bonds. The maximum absolute atomic E-state index is 4.18. The third kappa shape index (κ3) is 11.0. The molecule has 120 valence electrons. The van der Waals surface area contributed by atoms with Gasteiger partial charge < -0.3 is 0 Å². The largest absolute Gasteiger partial charge is 0.261 e. The zero-order chi connectivity index (χ0) is 16.7. The maximum atomic E-state index is 4.18. The minimum absolute atomic E-state index is 0.547. The van der Waals surface area contributed by atoms with Crippen LogP contribution in [0.25, 0.3) is 0 Å². The second kappa shape index (κ2) is 15.0. The highest BCUT2D eigenvalue weighted by Gasteiger charge is 2.01. The van der Waals surface area contributed by atoms with Crippen molar-refractivity contribution >= 4 is 0 Å². The zero-order valence-electron chi connectivity index (χ0n) is 15.4. The summed E-state index contributed by atoms with van der Waals surface area (Å²) in [5.74, 6) is 1.29. The molecule has 0 radical (unpaired) electrons. The summed E-state index contributed by atoms with van der Waals surface area (Å²) in [7, 11) is 0. The third-order valence-corrected chi connectivity index (χ3v) is 2.82. The van der Waals surface area contributed by atoms with Gasteiger partial charge in [0.05, 0.1) is 0 Å². The Labute approximate surface area is 133 Å². The van der Waals surface area contributed by atoms with Crippen molar-refractivity contribution in [2.24, 2.45) is 5.92 Å². The summed E-state index contributed by atoms with van der Waals surface area (Å²) in [5.41, 5.74) is 2.72. The van der Waals surface area contributed by atoms with E-state index >= 15 is 0 Å². The van der Waals surface area contributed by atoms with Crippen LogP contribution in [0.4, 0.5) is 0 Å². The molecule has 0 aliphatic heterocycles. The van der Waals surface area contributed by atoms with Gasteiger partial charge in [-0.3, -0.25) is 4.98 Å². The van der Waals surface area contributed by atoms with Crippen LogP contribution < -0.4 is 0 Å². The van der Waals surface area contributed by atoms with E-state index in [0.29, 0.717) is 5.92 Å². The number of nitrogens with zero attached hydrogens (tertiary/aromatic N) is 1. The van der Waals surface area contributed by atoms with E-state index in [1.165, 1.54) is 6.42 Å². The Bertz CT molecular complexity index is 372. The van der Waals surface area contributed by atoms with Crippen molar-refractivity contribution in [2.45, 2.75) is 67.7 Å². The van der Waals surface area contributed by atoms with Gasteiger partial charge >= 0.3 is 0 Å². The number of pyridine rings is 1. The lowest BCUT2D eigenvalue weighted by Crippen LogP contribution is -1.88. The Morgan fingerprint density at radius 1 is 0.905 bits per heavy atom. The molecule has 1 nitrogen and oxygen atoms in total. The molecule has 0 aromatic carbocycles. The van der Waals surface area contributed by atoms with Gasteiger partial charge in [-0.1, -0.05) is 85.3 Å². The van der Waals surface area contributed by atoms with E-state index < -0.39 is 0 Å². The fourth-order valence-corrected chi connectivity index (χ4v) is 1.61. The fraction of sp³-hybridized carbons (Fsp3) is 0.550. The van der Waals surface area contributed by atoms with E-state index in [4.69, 9.17) is 0 Å². The Hall–Kier alpha value is -1.37. The molecule has 0 N–H and O–H groups in total.